The number of nitrogens with one attached hydrogen (secondary N) is 1. The predicted molar refractivity (Wildman–Crippen MR) is 68.8 cm³/mol. The van der Waals surface area contributed by atoms with Gasteiger partial charge in [0.1, 0.15) is 5.60 Å². The molecule has 0 radical (unpaired) electrons. The van der Waals surface area contributed by atoms with Gasteiger partial charge in [-0.3, -0.25) is 0 Å². The first kappa shape index (κ1) is 12.5. The average Bonchev–Trinajstić information content (AvgIpc) is 2.85. The van der Waals surface area contributed by atoms with E-state index in [-0.39, 0.29) is 6.04 Å². The van der Waals surface area contributed by atoms with Crippen molar-refractivity contribution in [3.63, 3.8) is 0 Å². The molecule has 1 aliphatic heterocycles. The van der Waals surface area contributed by atoms with E-state index >= 15 is 0 Å². The molecule has 16 heavy (non-hydrogen) atoms. The molecule has 0 saturated carbocycles. The zero-order valence-corrected chi connectivity index (χ0v) is 11.6. The highest BCUT2D eigenvalue weighted by atomic mass is 79.9. The molecule has 0 bridgehead atoms. The monoisotopic (exact) mass is 305 g/mol. The van der Waals surface area contributed by atoms with Crippen molar-refractivity contribution in [2.75, 3.05) is 19.8 Å². The molecule has 1 saturated heterocycles. The molecule has 0 amide bonds. The molecule has 90 valence electrons. The maximum absolute atomic E-state index is 10.1. The van der Waals surface area contributed by atoms with Gasteiger partial charge in [0, 0.05) is 35.0 Å². The van der Waals surface area contributed by atoms with Crippen molar-refractivity contribution < 1.29 is 9.84 Å². The quantitative estimate of drug-likeness (QED) is 0.897. The Balaban J connectivity index is 1.88. The molecule has 2 rings (SSSR count). The van der Waals surface area contributed by atoms with E-state index in [1.807, 2.05) is 6.07 Å². The molecule has 1 aromatic heterocycles. The van der Waals surface area contributed by atoms with Crippen molar-refractivity contribution in [2.45, 2.75) is 25.0 Å². The highest BCUT2D eigenvalue weighted by molar-refractivity contribution is 9.10. The van der Waals surface area contributed by atoms with Crippen molar-refractivity contribution in [2.24, 2.45) is 0 Å². The van der Waals surface area contributed by atoms with Gasteiger partial charge in [-0.25, -0.2) is 0 Å². The lowest BCUT2D eigenvalue weighted by Crippen LogP contribution is -2.41. The molecule has 5 heteroatoms. The third-order valence-corrected chi connectivity index (χ3v) is 4.91. The van der Waals surface area contributed by atoms with Crippen LogP contribution in [0.25, 0.3) is 0 Å². The molecule has 1 fully saturated rings. The van der Waals surface area contributed by atoms with Gasteiger partial charge in [-0.2, -0.15) is 0 Å². The normalized spacial score (nSPS) is 27.2. The van der Waals surface area contributed by atoms with Gasteiger partial charge < -0.3 is 15.2 Å². The third kappa shape index (κ3) is 2.84. The largest absolute Gasteiger partial charge is 0.386 e. The Morgan fingerprint density at radius 1 is 1.75 bits per heavy atom. The highest BCUT2D eigenvalue weighted by Gasteiger charge is 2.32. The van der Waals surface area contributed by atoms with E-state index in [2.05, 4.69) is 33.6 Å². The molecule has 2 atom stereocenters. The molecular formula is C11H16BrNO2S. The summed E-state index contributed by atoms with van der Waals surface area (Å²) in [5.41, 5.74) is -0.683. The van der Waals surface area contributed by atoms with Crippen LogP contribution in [0.4, 0.5) is 0 Å². The Hall–Kier alpha value is 0.0600. The van der Waals surface area contributed by atoms with Gasteiger partial charge in [-0.15, -0.1) is 11.3 Å². The Labute approximate surface area is 108 Å². The topological polar surface area (TPSA) is 41.5 Å². The summed E-state index contributed by atoms with van der Waals surface area (Å²) >= 11 is 5.23. The first-order valence-corrected chi connectivity index (χ1v) is 7.04. The summed E-state index contributed by atoms with van der Waals surface area (Å²) in [5.74, 6) is 0. The lowest BCUT2D eigenvalue weighted by Gasteiger charge is -2.23. The summed E-state index contributed by atoms with van der Waals surface area (Å²) in [6, 6.07) is 2.30. The molecule has 1 aromatic rings. The Kier molecular flexibility index (Phi) is 4.02. The molecule has 0 aromatic carbocycles. The van der Waals surface area contributed by atoms with Crippen molar-refractivity contribution in [1.29, 1.82) is 0 Å². The van der Waals surface area contributed by atoms with E-state index in [1.165, 1.54) is 4.88 Å². The van der Waals surface area contributed by atoms with Gasteiger partial charge in [0.15, 0.2) is 0 Å². The van der Waals surface area contributed by atoms with Crippen molar-refractivity contribution >= 4 is 27.3 Å². The standard InChI is InChI=1S/C11H16BrNO2S/c1-8(10-9(12)2-5-16-10)13-6-11(14)3-4-15-7-11/h2,5,8,13-14H,3-4,6-7H2,1H3. The van der Waals surface area contributed by atoms with Gasteiger partial charge in [0.2, 0.25) is 0 Å². The molecule has 1 aliphatic rings. The van der Waals surface area contributed by atoms with Crippen LogP contribution in [0.15, 0.2) is 15.9 Å². The zero-order chi connectivity index (χ0) is 11.6. The van der Waals surface area contributed by atoms with Crippen LogP contribution in [-0.4, -0.2) is 30.5 Å². The highest BCUT2D eigenvalue weighted by Crippen LogP contribution is 2.29. The summed E-state index contributed by atoms with van der Waals surface area (Å²) < 4.78 is 6.34. The van der Waals surface area contributed by atoms with Crippen LogP contribution in [-0.2, 0) is 4.74 Å². The number of rotatable bonds is 4. The van der Waals surface area contributed by atoms with Crippen LogP contribution in [0.5, 0.6) is 0 Å². The Morgan fingerprint density at radius 3 is 3.12 bits per heavy atom. The van der Waals surface area contributed by atoms with Gasteiger partial charge in [0.25, 0.3) is 0 Å². The van der Waals surface area contributed by atoms with Crippen LogP contribution >= 0.6 is 27.3 Å². The first-order chi connectivity index (χ1) is 7.61. The lowest BCUT2D eigenvalue weighted by atomic mass is 10.0. The number of aliphatic hydroxyl groups is 1. The second-order valence-corrected chi connectivity index (χ2v) is 6.06. The summed E-state index contributed by atoms with van der Waals surface area (Å²) in [5, 5.41) is 15.5. The van der Waals surface area contributed by atoms with Crippen molar-refractivity contribution in [3.05, 3.63) is 20.8 Å². The Bertz CT molecular complexity index is 350. The molecular weight excluding hydrogens is 290 g/mol. The maximum Gasteiger partial charge on any atom is 0.103 e. The number of ether oxygens (including phenoxy) is 1. The van der Waals surface area contributed by atoms with E-state index in [1.54, 1.807) is 11.3 Å². The number of hydrogen-bond acceptors (Lipinski definition) is 4. The summed E-state index contributed by atoms with van der Waals surface area (Å²) in [6.07, 6.45) is 0.721. The van der Waals surface area contributed by atoms with E-state index in [4.69, 9.17) is 4.74 Å². The van der Waals surface area contributed by atoms with Gasteiger partial charge in [-0.05, 0) is 34.3 Å². The van der Waals surface area contributed by atoms with Gasteiger partial charge >= 0.3 is 0 Å². The van der Waals surface area contributed by atoms with E-state index in [0.29, 0.717) is 19.8 Å². The fourth-order valence-electron chi connectivity index (χ4n) is 1.79. The zero-order valence-electron chi connectivity index (χ0n) is 9.20. The van der Waals surface area contributed by atoms with Crippen molar-refractivity contribution in [1.82, 2.24) is 5.32 Å². The number of hydrogen-bond donors (Lipinski definition) is 2. The molecule has 0 spiro atoms. The lowest BCUT2D eigenvalue weighted by molar-refractivity contribution is 0.0252. The first-order valence-electron chi connectivity index (χ1n) is 5.37. The SMILES string of the molecule is CC(NCC1(O)CCOC1)c1sccc1Br. The van der Waals surface area contributed by atoms with Crippen LogP contribution in [0, 0.1) is 0 Å². The second kappa shape index (κ2) is 5.14. The van der Waals surface area contributed by atoms with E-state index in [0.717, 1.165) is 10.9 Å². The van der Waals surface area contributed by atoms with Crippen molar-refractivity contribution in [3.8, 4) is 0 Å². The minimum Gasteiger partial charge on any atom is -0.386 e. The van der Waals surface area contributed by atoms with Crippen LogP contribution in [0.2, 0.25) is 0 Å². The number of thiophene rings is 1. The molecule has 3 nitrogen and oxygen atoms in total. The average molecular weight is 306 g/mol. The predicted octanol–water partition coefficient (Wildman–Crippen LogP) is 2.31. The number of halogens is 1. The van der Waals surface area contributed by atoms with E-state index < -0.39 is 5.60 Å². The molecule has 2 heterocycles. The van der Waals surface area contributed by atoms with Gasteiger partial charge in [-0.1, -0.05) is 0 Å². The van der Waals surface area contributed by atoms with Crippen LogP contribution < -0.4 is 5.32 Å². The minimum atomic E-state index is -0.683. The molecule has 2 unspecified atom stereocenters. The second-order valence-electron chi connectivity index (χ2n) is 4.26. The summed E-state index contributed by atoms with van der Waals surface area (Å²) in [6.45, 7) is 3.79. The fraction of sp³-hybridized carbons (Fsp3) is 0.636. The van der Waals surface area contributed by atoms with Crippen LogP contribution in [0.1, 0.15) is 24.3 Å². The smallest absolute Gasteiger partial charge is 0.103 e. The third-order valence-electron chi connectivity index (χ3n) is 2.86. The molecule has 0 aliphatic carbocycles. The minimum absolute atomic E-state index is 0.249. The van der Waals surface area contributed by atoms with E-state index in [9.17, 15) is 5.11 Å². The summed E-state index contributed by atoms with van der Waals surface area (Å²) in [7, 11) is 0. The van der Waals surface area contributed by atoms with Crippen LogP contribution in [0.3, 0.4) is 0 Å². The fourth-order valence-corrected chi connectivity index (χ4v) is 3.54. The molecule has 2 N–H and O–H groups in total. The maximum atomic E-state index is 10.1. The van der Waals surface area contributed by atoms with Gasteiger partial charge in [0.05, 0.1) is 6.61 Å². The Morgan fingerprint density at radius 2 is 2.56 bits per heavy atom. The summed E-state index contributed by atoms with van der Waals surface area (Å²) in [4.78, 5) is 1.27.